The van der Waals surface area contributed by atoms with E-state index in [1.165, 1.54) is 4.90 Å². The molecule has 0 aromatic rings. The Hall–Kier alpha value is -0.680. The normalized spacial score (nSPS) is 25.9. The number of nitrogens with zero attached hydrogens (tertiary/aromatic N) is 1. The number of amides is 1. The van der Waals surface area contributed by atoms with Gasteiger partial charge >= 0.3 is 0 Å². The van der Waals surface area contributed by atoms with Gasteiger partial charge in [0, 0.05) is 0 Å². The molecule has 4 nitrogen and oxygen atoms in total. The molecule has 2 unspecified atom stereocenters. The number of carbonyl (C=O) groups is 1. The molecule has 0 spiro atoms. The Morgan fingerprint density at radius 1 is 1.83 bits per heavy atom. The zero-order chi connectivity index (χ0) is 9.30. The third kappa shape index (κ3) is 1.73. The molecule has 1 rings (SSSR count). The third-order valence-electron chi connectivity index (χ3n) is 1.67. The van der Waals surface area contributed by atoms with E-state index >= 15 is 0 Å². The van der Waals surface area contributed by atoms with Gasteiger partial charge in [0.2, 0.25) is 0 Å². The van der Waals surface area contributed by atoms with Crippen LogP contribution >= 0.6 is 12.2 Å². The summed E-state index contributed by atoms with van der Waals surface area (Å²) in [5, 5.41) is 12.3. The highest BCUT2D eigenvalue weighted by Gasteiger charge is 2.32. The third-order valence-corrected chi connectivity index (χ3v) is 2.01. The Kier molecular flexibility index (Phi) is 2.64. The molecule has 1 fully saturated rings. The molecular formula is C7H12N2O2S. The first kappa shape index (κ1) is 9.41. The van der Waals surface area contributed by atoms with E-state index in [0.717, 1.165) is 0 Å². The Morgan fingerprint density at radius 3 is 2.75 bits per heavy atom. The average molecular weight is 188 g/mol. The molecule has 0 aliphatic carbocycles. The van der Waals surface area contributed by atoms with Crippen LogP contribution in [0.4, 0.5) is 0 Å². The van der Waals surface area contributed by atoms with Crippen molar-refractivity contribution in [1.82, 2.24) is 10.2 Å². The fourth-order valence-electron chi connectivity index (χ4n) is 1.10. The summed E-state index contributed by atoms with van der Waals surface area (Å²) in [6.07, 6.45) is -0.543. The monoisotopic (exact) mass is 188 g/mol. The minimum atomic E-state index is -0.543. The Balaban J connectivity index is 2.64. The van der Waals surface area contributed by atoms with E-state index in [2.05, 4.69) is 5.32 Å². The fraction of sp³-hybridized carbons (Fsp3) is 0.714. The van der Waals surface area contributed by atoms with Crippen molar-refractivity contribution in [3.8, 4) is 0 Å². The van der Waals surface area contributed by atoms with E-state index in [1.807, 2.05) is 0 Å². The van der Waals surface area contributed by atoms with Crippen LogP contribution in [0.3, 0.4) is 0 Å². The van der Waals surface area contributed by atoms with Crippen molar-refractivity contribution >= 4 is 23.2 Å². The number of hydrogen-bond donors (Lipinski definition) is 2. The topological polar surface area (TPSA) is 52.6 Å². The highest BCUT2D eigenvalue weighted by atomic mass is 32.1. The molecule has 0 saturated carbocycles. The SMILES string of the molecule is CC(O)CN1C(=O)C(C)NC1=S. The molecule has 1 heterocycles. The Morgan fingerprint density at radius 2 is 2.42 bits per heavy atom. The van der Waals surface area contributed by atoms with E-state index in [0.29, 0.717) is 5.11 Å². The van der Waals surface area contributed by atoms with Crippen molar-refractivity contribution in [2.24, 2.45) is 0 Å². The molecule has 2 N–H and O–H groups in total. The number of aliphatic hydroxyl groups is 1. The van der Waals surface area contributed by atoms with Crippen molar-refractivity contribution < 1.29 is 9.90 Å². The smallest absolute Gasteiger partial charge is 0.251 e. The fourth-order valence-corrected chi connectivity index (χ4v) is 1.44. The molecular weight excluding hydrogens is 176 g/mol. The largest absolute Gasteiger partial charge is 0.392 e. The first-order chi connectivity index (χ1) is 5.52. The lowest BCUT2D eigenvalue weighted by molar-refractivity contribution is -0.127. The highest BCUT2D eigenvalue weighted by Crippen LogP contribution is 2.06. The molecule has 2 atom stereocenters. The van der Waals surface area contributed by atoms with Gasteiger partial charge in [0.05, 0.1) is 12.6 Å². The molecule has 0 bridgehead atoms. The van der Waals surface area contributed by atoms with Gasteiger partial charge in [0.15, 0.2) is 5.11 Å². The van der Waals surface area contributed by atoms with Gasteiger partial charge in [-0.2, -0.15) is 0 Å². The van der Waals surface area contributed by atoms with Crippen LogP contribution in [-0.2, 0) is 4.79 Å². The van der Waals surface area contributed by atoms with Crippen molar-refractivity contribution in [1.29, 1.82) is 0 Å². The van der Waals surface area contributed by atoms with Crippen LogP contribution < -0.4 is 5.32 Å². The highest BCUT2D eigenvalue weighted by molar-refractivity contribution is 7.80. The maximum Gasteiger partial charge on any atom is 0.251 e. The summed E-state index contributed by atoms with van der Waals surface area (Å²) in [5.74, 6) is -0.0686. The second-order valence-corrected chi connectivity index (χ2v) is 3.36. The summed E-state index contributed by atoms with van der Waals surface area (Å²) in [4.78, 5) is 12.7. The summed E-state index contributed by atoms with van der Waals surface area (Å²) < 4.78 is 0. The van der Waals surface area contributed by atoms with Gasteiger partial charge < -0.3 is 10.4 Å². The van der Waals surface area contributed by atoms with Gasteiger partial charge in [-0.25, -0.2) is 0 Å². The number of aliphatic hydroxyl groups excluding tert-OH is 1. The van der Waals surface area contributed by atoms with Crippen LogP contribution in [0.2, 0.25) is 0 Å². The first-order valence-electron chi connectivity index (χ1n) is 3.82. The summed E-state index contributed by atoms with van der Waals surface area (Å²) in [5.41, 5.74) is 0. The van der Waals surface area contributed by atoms with Gasteiger partial charge in [-0.15, -0.1) is 0 Å². The molecule has 5 heteroatoms. The number of nitrogens with one attached hydrogen (secondary N) is 1. The standard InChI is InChI=1S/C7H12N2O2S/c1-4(10)3-9-6(11)5(2)8-7(9)12/h4-5,10H,3H2,1-2H3,(H,8,12). The number of β-amino-alcohol motifs (C(OH)–C–C–N with tert-alkyl or cyclic N) is 1. The van der Waals surface area contributed by atoms with E-state index in [1.54, 1.807) is 13.8 Å². The summed E-state index contributed by atoms with van der Waals surface area (Å²) >= 11 is 4.90. The number of hydrogen-bond acceptors (Lipinski definition) is 3. The predicted octanol–water partition coefficient (Wildman–Crippen LogP) is -0.528. The number of rotatable bonds is 2. The van der Waals surface area contributed by atoms with E-state index in [-0.39, 0.29) is 18.5 Å². The lowest BCUT2D eigenvalue weighted by Gasteiger charge is -2.15. The lowest BCUT2D eigenvalue weighted by Crippen LogP contribution is -2.36. The van der Waals surface area contributed by atoms with Crippen molar-refractivity contribution in [3.05, 3.63) is 0 Å². The maximum atomic E-state index is 11.3. The first-order valence-corrected chi connectivity index (χ1v) is 4.23. The summed E-state index contributed by atoms with van der Waals surface area (Å²) in [7, 11) is 0. The van der Waals surface area contributed by atoms with Crippen LogP contribution in [0.5, 0.6) is 0 Å². The molecule has 0 aromatic carbocycles. The van der Waals surface area contributed by atoms with Crippen LogP contribution in [0.1, 0.15) is 13.8 Å². The number of carbonyl (C=O) groups excluding carboxylic acids is 1. The molecule has 1 saturated heterocycles. The molecule has 0 radical (unpaired) electrons. The second kappa shape index (κ2) is 3.37. The lowest BCUT2D eigenvalue weighted by atomic mass is 10.3. The van der Waals surface area contributed by atoms with Crippen molar-refractivity contribution in [3.63, 3.8) is 0 Å². The molecule has 1 amide bonds. The van der Waals surface area contributed by atoms with E-state index < -0.39 is 6.10 Å². The quantitative estimate of drug-likeness (QED) is 0.572. The van der Waals surface area contributed by atoms with Crippen LogP contribution in [0.25, 0.3) is 0 Å². The van der Waals surface area contributed by atoms with Crippen LogP contribution in [-0.4, -0.2) is 39.7 Å². The van der Waals surface area contributed by atoms with Gasteiger partial charge in [-0.05, 0) is 26.1 Å². The number of thiocarbonyl (C=S) groups is 1. The Bertz CT molecular complexity index is 217. The van der Waals surface area contributed by atoms with Crippen molar-refractivity contribution in [2.75, 3.05) is 6.54 Å². The average Bonchev–Trinajstić information content (AvgIpc) is 2.16. The molecule has 1 aliphatic rings. The van der Waals surface area contributed by atoms with E-state index in [9.17, 15) is 4.79 Å². The minimum absolute atomic E-state index is 0.0686. The zero-order valence-electron chi connectivity index (χ0n) is 7.07. The van der Waals surface area contributed by atoms with Gasteiger partial charge in [-0.1, -0.05) is 0 Å². The maximum absolute atomic E-state index is 11.3. The second-order valence-electron chi connectivity index (χ2n) is 2.97. The van der Waals surface area contributed by atoms with Gasteiger partial charge in [0.25, 0.3) is 5.91 Å². The predicted molar refractivity (Wildman–Crippen MR) is 48.6 cm³/mol. The molecule has 12 heavy (non-hydrogen) atoms. The Labute approximate surface area is 76.5 Å². The molecule has 1 aliphatic heterocycles. The van der Waals surface area contributed by atoms with Gasteiger partial charge in [0.1, 0.15) is 6.04 Å². The molecule has 0 aromatic heterocycles. The summed E-state index contributed by atoms with van der Waals surface area (Å²) in [6.45, 7) is 3.64. The minimum Gasteiger partial charge on any atom is -0.392 e. The van der Waals surface area contributed by atoms with Crippen LogP contribution in [0, 0.1) is 0 Å². The van der Waals surface area contributed by atoms with Crippen LogP contribution in [0.15, 0.2) is 0 Å². The van der Waals surface area contributed by atoms with Crippen molar-refractivity contribution in [2.45, 2.75) is 26.0 Å². The van der Waals surface area contributed by atoms with E-state index in [4.69, 9.17) is 17.3 Å². The summed E-state index contributed by atoms with van der Waals surface area (Å²) in [6, 6.07) is -0.253. The zero-order valence-corrected chi connectivity index (χ0v) is 7.89. The van der Waals surface area contributed by atoms with Gasteiger partial charge in [-0.3, -0.25) is 9.69 Å². The molecule has 68 valence electrons.